The standard InChI is InChI=1S/C12H25N3/c1-12(2)5-4-10(11(12)13)15-8-6-14(3)7-9-15/h10-11H,4-9,13H2,1-3H3. The lowest BCUT2D eigenvalue weighted by Gasteiger charge is -2.39. The molecule has 2 fully saturated rings. The van der Waals surface area contributed by atoms with Crippen molar-refractivity contribution in [3.05, 3.63) is 0 Å². The van der Waals surface area contributed by atoms with Crippen LogP contribution in [0.3, 0.4) is 0 Å². The number of nitrogens with two attached hydrogens (primary N) is 1. The Balaban J connectivity index is 1.95. The average molecular weight is 211 g/mol. The highest BCUT2D eigenvalue weighted by atomic mass is 15.3. The maximum absolute atomic E-state index is 6.37. The molecule has 2 rings (SSSR count). The molecule has 1 aliphatic carbocycles. The summed E-state index contributed by atoms with van der Waals surface area (Å²) in [5.74, 6) is 0. The van der Waals surface area contributed by atoms with Crippen molar-refractivity contribution < 1.29 is 0 Å². The molecule has 1 saturated heterocycles. The molecule has 88 valence electrons. The van der Waals surface area contributed by atoms with E-state index in [9.17, 15) is 0 Å². The van der Waals surface area contributed by atoms with Crippen LogP contribution >= 0.6 is 0 Å². The van der Waals surface area contributed by atoms with Crippen LogP contribution < -0.4 is 5.73 Å². The van der Waals surface area contributed by atoms with Crippen LogP contribution in [-0.4, -0.2) is 55.1 Å². The lowest BCUT2D eigenvalue weighted by molar-refractivity contribution is 0.0976. The fourth-order valence-corrected chi connectivity index (χ4v) is 2.95. The number of piperazine rings is 1. The molecule has 15 heavy (non-hydrogen) atoms. The van der Waals surface area contributed by atoms with Gasteiger partial charge in [0.15, 0.2) is 0 Å². The fraction of sp³-hybridized carbons (Fsp3) is 1.00. The van der Waals surface area contributed by atoms with Gasteiger partial charge in [-0.15, -0.1) is 0 Å². The predicted molar refractivity (Wildman–Crippen MR) is 63.8 cm³/mol. The first kappa shape index (κ1) is 11.4. The SMILES string of the molecule is CN1CCN(C2CCC(C)(C)C2N)CC1. The monoisotopic (exact) mass is 211 g/mol. The van der Waals surface area contributed by atoms with Gasteiger partial charge in [-0.1, -0.05) is 13.8 Å². The molecule has 0 bridgehead atoms. The Kier molecular flexibility index (Phi) is 3.06. The fourth-order valence-electron chi connectivity index (χ4n) is 2.95. The van der Waals surface area contributed by atoms with Crippen LogP contribution in [0, 0.1) is 5.41 Å². The molecule has 0 amide bonds. The summed E-state index contributed by atoms with van der Waals surface area (Å²) in [6.45, 7) is 9.42. The lowest BCUT2D eigenvalue weighted by Crippen LogP contribution is -2.55. The number of likely N-dealkylation sites (N-methyl/N-ethyl adjacent to an activating group) is 1. The summed E-state index contributed by atoms with van der Waals surface area (Å²) < 4.78 is 0. The summed E-state index contributed by atoms with van der Waals surface area (Å²) in [6.07, 6.45) is 2.57. The molecular weight excluding hydrogens is 186 g/mol. The molecule has 2 atom stereocenters. The molecular formula is C12H25N3. The van der Waals surface area contributed by atoms with Gasteiger partial charge in [0.25, 0.3) is 0 Å². The van der Waals surface area contributed by atoms with Gasteiger partial charge in [-0.3, -0.25) is 4.90 Å². The van der Waals surface area contributed by atoms with E-state index in [1.54, 1.807) is 0 Å². The Bertz CT molecular complexity index is 219. The molecule has 2 N–H and O–H groups in total. The average Bonchev–Trinajstić information content (AvgIpc) is 2.45. The van der Waals surface area contributed by atoms with Crippen molar-refractivity contribution in [3.8, 4) is 0 Å². The van der Waals surface area contributed by atoms with E-state index in [4.69, 9.17) is 5.73 Å². The van der Waals surface area contributed by atoms with Crippen LogP contribution in [-0.2, 0) is 0 Å². The Morgan fingerprint density at radius 2 is 1.73 bits per heavy atom. The van der Waals surface area contributed by atoms with Gasteiger partial charge in [0.1, 0.15) is 0 Å². The van der Waals surface area contributed by atoms with Crippen molar-refractivity contribution in [1.29, 1.82) is 0 Å². The van der Waals surface area contributed by atoms with Crippen molar-refractivity contribution in [1.82, 2.24) is 9.80 Å². The molecule has 0 aromatic heterocycles. The zero-order valence-electron chi connectivity index (χ0n) is 10.4. The highest BCUT2D eigenvalue weighted by Crippen LogP contribution is 2.38. The van der Waals surface area contributed by atoms with Crippen LogP contribution in [0.25, 0.3) is 0 Å². The first-order valence-electron chi connectivity index (χ1n) is 6.19. The minimum Gasteiger partial charge on any atom is -0.326 e. The number of rotatable bonds is 1. The van der Waals surface area contributed by atoms with Gasteiger partial charge in [-0.2, -0.15) is 0 Å². The molecule has 0 aromatic rings. The summed E-state index contributed by atoms with van der Waals surface area (Å²) in [5.41, 5.74) is 6.71. The van der Waals surface area contributed by atoms with Crippen molar-refractivity contribution >= 4 is 0 Å². The first-order valence-corrected chi connectivity index (χ1v) is 6.19. The molecule has 3 nitrogen and oxygen atoms in total. The lowest BCUT2D eigenvalue weighted by atomic mass is 9.87. The van der Waals surface area contributed by atoms with Gasteiger partial charge in [0.05, 0.1) is 0 Å². The van der Waals surface area contributed by atoms with E-state index >= 15 is 0 Å². The molecule has 2 unspecified atom stereocenters. The highest BCUT2D eigenvalue weighted by Gasteiger charge is 2.42. The summed E-state index contributed by atoms with van der Waals surface area (Å²) in [7, 11) is 2.20. The van der Waals surface area contributed by atoms with Crippen LogP contribution in [0.15, 0.2) is 0 Å². The van der Waals surface area contributed by atoms with E-state index in [0.29, 0.717) is 17.5 Å². The summed E-state index contributed by atoms with van der Waals surface area (Å²) in [5, 5.41) is 0. The van der Waals surface area contributed by atoms with Crippen molar-refractivity contribution in [2.45, 2.75) is 38.8 Å². The topological polar surface area (TPSA) is 32.5 Å². The molecule has 2 aliphatic rings. The van der Waals surface area contributed by atoms with Gasteiger partial charge in [-0.25, -0.2) is 0 Å². The second kappa shape index (κ2) is 4.04. The van der Waals surface area contributed by atoms with E-state index in [1.807, 2.05) is 0 Å². The Hall–Kier alpha value is -0.120. The molecule has 1 saturated carbocycles. The van der Waals surface area contributed by atoms with Crippen LogP contribution in [0.2, 0.25) is 0 Å². The molecule has 1 aliphatic heterocycles. The Morgan fingerprint density at radius 3 is 2.20 bits per heavy atom. The summed E-state index contributed by atoms with van der Waals surface area (Å²) >= 11 is 0. The minimum atomic E-state index is 0.341. The van der Waals surface area contributed by atoms with E-state index in [2.05, 4.69) is 30.7 Å². The van der Waals surface area contributed by atoms with E-state index in [-0.39, 0.29) is 0 Å². The van der Waals surface area contributed by atoms with Crippen molar-refractivity contribution in [2.24, 2.45) is 11.1 Å². The third-order valence-electron chi connectivity index (χ3n) is 4.41. The Morgan fingerprint density at radius 1 is 1.13 bits per heavy atom. The second-order valence-electron chi connectivity index (χ2n) is 5.96. The van der Waals surface area contributed by atoms with Gasteiger partial charge in [0.2, 0.25) is 0 Å². The van der Waals surface area contributed by atoms with Crippen LogP contribution in [0.4, 0.5) is 0 Å². The quantitative estimate of drug-likeness (QED) is 0.695. The molecule has 0 radical (unpaired) electrons. The summed E-state index contributed by atoms with van der Waals surface area (Å²) in [4.78, 5) is 5.02. The Labute approximate surface area is 93.6 Å². The minimum absolute atomic E-state index is 0.341. The van der Waals surface area contributed by atoms with Crippen LogP contribution in [0.1, 0.15) is 26.7 Å². The van der Waals surface area contributed by atoms with E-state index < -0.39 is 0 Å². The molecule has 1 heterocycles. The maximum atomic E-state index is 6.37. The van der Waals surface area contributed by atoms with Gasteiger partial charge < -0.3 is 10.6 Å². The molecule has 0 aromatic carbocycles. The molecule has 3 heteroatoms. The van der Waals surface area contributed by atoms with Crippen molar-refractivity contribution in [2.75, 3.05) is 33.2 Å². The third-order valence-corrected chi connectivity index (χ3v) is 4.41. The predicted octanol–water partition coefficient (Wildman–Crippen LogP) is 0.750. The zero-order valence-corrected chi connectivity index (χ0v) is 10.4. The smallest absolute Gasteiger partial charge is 0.0253 e. The normalized spacial score (nSPS) is 38.4. The zero-order chi connectivity index (χ0) is 11.1. The van der Waals surface area contributed by atoms with Crippen LogP contribution in [0.5, 0.6) is 0 Å². The van der Waals surface area contributed by atoms with Crippen molar-refractivity contribution in [3.63, 3.8) is 0 Å². The second-order valence-corrected chi connectivity index (χ2v) is 5.96. The van der Waals surface area contributed by atoms with Gasteiger partial charge in [-0.05, 0) is 25.3 Å². The maximum Gasteiger partial charge on any atom is 0.0253 e. The number of hydrogen-bond acceptors (Lipinski definition) is 3. The first-order chi connectivity index (χ1) is 7.00. The summed E-state index contributed by atoms with van der Waals surface area (Å²) in [6, 6.07) is 0.995. The number of nitrogens with zero attached hydrogens (tertiary/aromatic N) is 2. The van der Waals surface area contributed by atoms with Gasteiger partial charge >= 0.3 is 0 Å². The number of hydrogen-bond donors (Lipinski definition) is 1. The van der Waals surface area contributed by atoms with Gasteiger partial charge in [0, 0.05) is 38.3 Å². The largest absolute Gasteiger partial charge is 0.326 e. The highest BCUT2D eigenvalue weighted by molar-refractivity contribution is 4.99. The third kappa shape index (κ3) is 2.19. The molecule has 0 spiro atoms. The van der Waals surface area contributed by atoms with E-state index in [1.165, 1.54) is 39.0 Å². The van der Waals surface area contributed by atoms with E-state index in [0.717, 1.165) is 0 Å².